The van der Waals surface area contributed by atoms with E-state index >= 15 is 0 Å². The summed E-state index contributed by atoms with van der Waals surface area (Å²) in [6.07, 6.45) is 0. The van der Waals surface area contributed by atoms with Gasteiger partial charge in [0.25, 0.3) is 0 Å². The molecular formula is C25H31N5O3. The molecule has 3 aromatic rings. The highest BCUT2D eigenvalue weighted by molar-refractivity contribution is 5.94. The molecule has 174 valence electrons. The fourth-order valence-corrected chi connectivity index (χ4v) is 3.42. The number of hydrogen-bond donors (Lipinski definition) is 2. The Kier molecular flexibility index (Phi) is 8.07. The van der Waals surface area contributed by atoms with Gasteiger partial charge in [0.15, 0.2) is 0 Å². The van der Waals surface area contributed by atoms with E-state index in [4.69, 9.17) is 9.84 Å². The Balaban J connectivity index is 1.88. The second kappa shape index (κ2) is 11.2. The summed E-state index contributed by atoms with van der Waals surface area (Å²) in [6.45, 7) is 6.79. The van der Waals surface area contributed by atoms with Gasteiger partial charge < -0.3 is 20.3 Å². The second-order valence-corrected chi connectivity index (χ2v) is 8.05. The van der Waals surface area contributed by atoms with Crippen LogP contribution in [0.4, 0.5) is 10.6 Å². The third kappa shape index (κ3) is 6.35. The molecular weight excluding hydrogens is 418 g/mol. The number of ether oxygens (including phenoxy) is 1. The van der Waals surface area contributed by atoms with Crippen LogP contribution in [0, 0.1) is 5.92 Å². The molecule has 0 bridgehead atoms. The number of carbonyl (C=O) groups is 2. The second-order valence-electron chi connectivity index (χ2n) is 8.05. The van der Waals surface area contributed by atoms with E-state index in [2.05, 4.69) is 10.6 Å². The summed E-state index contributed by atoms with van der Waals surface area (Å²) in [5, 5.41) is 10.4. The van der Waals surface area contributed by atoms with Gasteiger partial charge in [0.1, 0.15) is 18.1 Å². The Morgan fingerprint density at radius 3 is 2.39 bits per heavy atom. The highest BCUT2D eigenvalue weighted by atomic mass is 16.5. The van der Waals surface area contributed by atoms with Crippen LogP contribution in [0.3, 0.4) is 0 Å². The third-order valence-electron chi connectivity index (χ3n) is 4.90. The molecule has 0 aliphatic rings. The summed E-state index contributed by atoms with van der Waals surface area (Å²) in [5.74, 6) is 1.18. The van der Waals surface area contributed by atoms with E-state index in [9.17, 15) is 9.59 Å². The molecule has 1 aromatic heterocycles. The molecule has 2 aromatic carbocycles. The zero-order chi connectivity index (χ0) is 23.8. The summed E-state index contributed by atoms with van der Waals surface area (Å²) in [4.78, 5) is 26.9. The van der Waals surface area contributed by atoms with Gasteiger partial charge in [-0.15, -0.1) is 0 Å². The Bertz CT molecular complexity index is 1060. The normalized spacial score (nSPS) is 10.7. The quantitative estimate of drug-likeness (QED) is 0.513. The largest absolute Gasteiger partial charge is 0.497 e. The van der Waals surface area contributed by atoms with Gasteiger partial charge >= 0.3 is 6.03 Å². The molecule has 0 spiro atoms. The molecule has 1 heterocycles. The van der Waals surface area contributed by atoms with Crippen molar-refractivity contribution in [2.24, 2.45) is 5.92 Å². The summed E-state index contributed by atoms with van der Waals surface area (Å²) < 4.78 is 6.93. The standard InChI is InChI=1S/C25H31N5O3/c1-5-26-25(32)29(16-18(2)3)17-24(31)27-23-15-22(19-9-7-6-8-10-19)28-30(23)20-11-13-21(33-4)14-12-20/h6-15,18H,5,16-17H2,1-4H3,(H,26,32)(H,27,31). The van der Waals surface area contributed by atoms with Crippen molar-refractivity contribution in [2.45, 2.75) is 20.8 Å². The molecule has 33 heavy (non-hydrogen) atoms. The van der Waals surface area contributed by atoms with Crippen molar-refractivity contribution in [3.8, 4) is 22.7 Å². The van der Waals surface area contributed by atoms with E-state index in [1.54, 1.807) is 11.8 Å². The van der Waals surface area contributed by atoms with E-state index in [-0.39, 0.29) is 24.4 Å². The Morgan fingerprint density at radius 2 is 1.79 bits per heavy atom. The lowest BCUT2D eigenvalue weighted by molar-refractivity contribution is -0.116. The maximum Gasteiger partial charge on any atom is 0.317 e. The average Bonchev–Trinajstić information content (AvgIpc) is 3.22. The number of carbonyl (C=O) groups excluding carboxylic acids is 2. The van der Waals surface area contributed by atoms with Crippen molar-refractivity contribution in [1.82, 2.24) is 20.0 Å². The number of nitrogens with one attached hydrogen (secondary N) is 2. The molecule has 0 saturated carbocycles. The first kappa shape index (κ1) is 23.8. The zero-order valence-electron chi connectivity index (χ0n) is 19.5. The molecule has 2 N–H and O–H groups in total. The van der Waals surface area contributed by atoms with Crippen molar-refractivity contribution in [3.63, 3.8) is 0 Å². The number of urea groups is 1. The molecule has 0 saturated heterocycles. The highest BCUT2D eigenvalue weighted by Crippen LogP contribution is 2.25. The van der Waals surface area contributed by atoms with Gasteiger partial charge in [0.05, 0.1) is 18.5 Å². The van der Waals surface area contributed by atoms with Crippen LogP contribution >= 0.6 is 0 Å². The molecule has 3 amide bonds. The highest BCUT2D eigenvalue weighted by Gasteiger charge is 2.20. The third-order valence-corrected chi connectivity index (χ3v) is 4.90. The van der Waals surface area contributed by atoms with Crippen LogP contribution in [0.2, 0.25) is 0 Å². The average molecular weight is 450 g/mol. The van der Waals surface area contributed by atoms with Gasteiger partial charge in [0, 0.05) is 24.7 Å². The molecule has 8 nitrogen and oxygen atoms in total. The Hall–Kier alpha value is -3.81. The SMILES string of the molecule is CCNC(=O)N(CC(=O)Nc1cc(-c2ccccc2)nn1-c1ccc(OC)cc1)CC(C)C. The number of hydrogen-bond acceptors (Lipinski definition) is 4. The minimum Gasteiger partial charge on any atom is -0.497 e. The first-order chi connectivity index (χ1) is 15.9. The summed E-state index contributed by atoms with van der Waals surface area (Å²) in [7, 11) is 1.61. The van der Waals surface area contributed by atoms with Crippen LogP contribution in [-0.4, -0.2) is 53.4 Å². The van der Waals surface area contributed by atoms with Crippen LogP contribution in [-0.2, 0) is 4.79 Å². The van der Waals surface area contributed by atoms with Crippen LogP contribution in [0.5, 0.6) is 5.75 Å². The molecule has 0 atom stereocenters. The van der Waals surface area contributed by atoms with Gasteiger partial charge in [-0.3, -0.25) is 4.79 Å². The first-order valence-electron chi connectivity index (χ1n) is 11.0. The van der Waals surface area contributed by atoms with Crippen molar-refractivity contribution in [3.05, 3.63) is 60.7 Å². The predicted molar refractivity (Wildman–Crippen MR) is 130 cm³/mol. The summed E-state index contributed by atoms with van der Waals surface area (Å²) >= 11 is 0. The molecule has 0 fully saturated rings. The van der Waals surface area contributed by atoms with E-state index in [1.807, 2.05) is 81.4 Å². The summed E-state index contributed by atoms with van der Waals surface area (Å²) in [5.41, 5.74) is 2.43. The predicted octanol–water partition coefficient (Wildman–Crippen LogP) is 4.17. The first-order valence-corrected chi connectivity index (χ1v) is 11.0. The number of nitrogens with zero attached hydrogens (tertiary/aromatic N) is 3. The van der Waals surface area contributed by atoms with E-state index in [1.165, 1.54) is 4.90 Å². The maximum absolute atomic E-state index is 12.9. The minimum absolute atomic E-state index is 0.0571. The van der Waals surface area contributed by atoms with Gasteiger partial charge in [-0.25, -0.2) is 9.48 Å². The number of rotatable bonds is 9. The van der Waals surface area contributed by atoms with Gasteiger partial charge in [0.2, 0.25) is 5.91 Å². The lowest BCUT2D eigenvalue weighted by Crippen LogP contribution is -2.45. The maximum atomic E-state index is 12.9. The molecule has 3 rings (SSSR count). The zero-order valence-corrected chi connectivity index (χ0v) is 19.5. The molecule has 0 aliphatic heterocycles. The lowest BCUT2D eigenvalue weighted by atomic mass is 10.1. The molecule has 0 unspecified atom stereocenters. The van der Waals surface area contributed by atoms with E-state index < -0.39 is 0 Å². The summed E-state index contributed by atoms with van der Waals surface area (Å²) in [6, 6.07) is 18.7. The smallest absolute Gasteiger partial charge is 0.317 e. The van der Waals surface area contributed by atoms with Crippen molar-refractivity contribution >= 4 is 17.8 Å². The van der Waals surface area contributed by atoms with Crippen LogP contribution in [0.15, 0.2) is 60.7 Å². The molecule has 0 radical (unpaired) electrons. The van der Waals surface area contributed by atoms with Crippen molar-refractivity contribution in [2.75, 3.05) is 32.1 Å². The monoisotopic (exact) mass is 449 g/mol. The molecule has 8 heteroatoms. The van der Waals surface area contributed by atoms with E-state index in [0.717, 1.165) is 22.7 Å². The van der Waals surface area contributed by atoms with Crippen molar-refractivity contribution in [1.29, 1.82) is 0 Å². The fraction of sp³-hybridized carbons (Fsp3) is 0.320. The van der Waals surface area contributed by atoms with E-state index in [0.29, 0.717) is 18.9 Å². The lowest BCUT2D eigenvalue weighted by Gasteiger charge is -2.24. The minimum atomic E-state index is -0.295. The number of aromatic nitrogens is 2. The number of benzene rings is 2. The van der Waals surface area contributed by atoms with Gasteiger partial charge in [-0.05, 0) is 37.1 Å². The number of amides is 3. The van der Waals surface area contributed by atoms with Crippen molar-refractivity contribution < 1.29 is 14.3 Å². The Labute approximate surface area is 194 Å². The van der Waals surface area contributed by atoms with Crippen LogP contribution in [0.25, 0.3) is 16.9 Å². The van der Waals surface area contributed by atoms with Crippen LogP contribution in [0.1, 0.15) is 20.8 Å². The van der Waals surface area contributed by atoms with Crippen LogP contribution < -0.4 is 15.4 Å². The fourth-order valence-electron chi connectivity index (χ4n) is 3.42. The number of anilines is 1. The van der Waals surface area contributed by atoms with Gasteiger partial charge in [-0.2, -0.15) is 5.10 Å². The number of methoxy groups -OCH3 is 1. The molecule has 0 aliphatic carbocycles. The Morgan fingerprint density at radius 1 is 1.09 bits per heavy atom. The topological polar surface area (TPSA) is 88.5 Å². The van der Waals surface area contributed by atoms with Gasteiger partial charge in [-0.1, -0.05) is 44.2 Å².